The van der Waals surface area contributed by atoms with E-state index in [-0.39, 0.29) is 5.75 Å². The molecule has 0 spiro atoms. The van der Waals surface area contributed by atoms with Gasteiger partial charge in [0, 0.05) is 6.54 Å². The van der Waals surface area contributed by atoms with Gasteiger partial charge in [-0.2, -0.15) is 0 Å². The monoisotopic (exact) mass is 281 g/mol. The third-order valence-electron chi connectivity index (χ3n) is 2.77. The molecule has 2 N–H and O–H groups in total. The van der Waals surface area contributed by atoms with Gasteiger partial charge in [0.2, 0.25) is 0 Å². The molecule has 0 aromatic heterocycles. The Morgan fingerprint density at radius 3 is 2.45 bits per heavy atom. The molecule has 106 valence electrons. The summed E-state index contributed by atoms with van der Waals surface area (Å²) in [6.07, 6.45) is -4.69. The number of halogens is 3. The molecule has 0 fully saturated rings. The molecule has 0 radical (unpaired) electrons. The van der Waals surface area contributed by atoms with Gasteiger partial charge in [0.25, 0.3) is 0 Å². The minimum absolute atomic E-state index is 0.231. The van der Waals surface area contributed by atoms with Crippen molar-refractivity contribution in [3.8, 4) is 16.9 Å². The number of nitrogens with two attached hydrogens (primary N) is 1. The Kier molecular flexibility index (Phi) is 3.99. The van der Waals surface area contributed by atoms with Crippen molar-refractivity contribution in [2.24, 2.45) is 5.73 Å². The number of rotatable bonds is 3. The first-order valence-corrected chi connectivity index (χ1v) is 6.04. The Morgan fingerprint density at radius 1 is 1.05 bits per heavy atom. The fraction of sp³-hybridized carbons (Fsp3) is 0.200. The summed E-state index contributed by atoms with van der Waals surface area (Å²) in [5.74, 6) is -0.231. The predicted octanol–water partition coefficient (Wildman–Crippen LogP) is 4.02. The van der Waals surface area contributed by atoms with Gasteiger partial charge in [-0.3, -0.25) is 0 Å². The van der Waals surface area contributed by atoms with Gasteiger partial charge in [0.1, 0.15) is 5.75 Å². The fourth-order valence-electron chi connectivity index (χ4n) is 2.02. The molecular weight excluding hydrogens is 267 g/mol. The molecule has 0 amide bonds. The average molecular weight is 281 g/mol. The number of aryl methyl sites for hydroxylation is 1. The normalized spacial score (nSPS) is 11.4. The highest BCUT2D eigenvalue weighted by atomic mass is 19.4. The highest BCUT2D eigenvalue weighted by molar-refractivity contribution is 5.66. The summed E-state index contributed by atoms with van der Waals surface area (Å²) >= 11 is 0. The van der Waals surface area contributed by atoms with Crippen LogP contribution in [0, 0.1) is 6.92 Å². The molecule has 0 saturated carbocycles. The molecule has 0 bridgehead atoms. The highest BCUT2D eigenvalue weighted by Crippen LogP contribution is 2.29. The van der Waals surface area contributed by atoms with Crippen LogP contribution in [-0.4, -0.2) is 6.36 Å². The van der Waals surface area contributed by atoms with Gasteiger partial charge in [-0.25, -0.2) is 0 Å². The minimum atomic E-state index is -4.69. The third-order valence-corrected chi connectivity index (χ3v) is 2.77. The number of benzene rings is 2. The number of alkyl halides is 3. The lowest BCUT2D eigenvalue weighted by molar-refractivity contribution is -0.274. The summed E-state index contributed by atoms with van der Waals surface area (Å²) in [5.41, 5.74) is 9.02. The largest absolute Gasteiger partial charge is 0.573 e. The lowest BCUT2D eigenvalue weighted by Crippen LogP contribution is -2.17. The standard InChI is InChI=1S/C15H14F3NO/c1-10-5-11(9-19)7-13(6-10)12-3-2-4-14(8-12)20-15(16,17)18/h2-8H,9,19H2,1H3. The van der Waals surface area contributed by atoms with Gasteiger partial charge >= 0.3 is 6.36 Å². The van der Waals surface area contributed by atoms with Gasteiger partial charge in [-0.05, 0) is 41.8 Å². The molecule has 0 unspecified atom stereocenters. The van der Waals surface area contributed by atoms with E-state index in [2.05, 4.69) is 4.74 Å². The van der Waals surface area contributed by atoms with Crippen LogP contribution in [-0.2, 0) is 6.54 Å². The van der Waals surface area contributed by atoms with E-state index in [1.54, 1.807) is 6.07 Å². The van der Waals surface area contributed by atoms with Crippen molar-refractivity contribution in [2.45, 2.75) is 19.8 Å². The van der Waals surface area contributed by atoms with Crippen molar-refractivity contribution in [1.82, 2.24) is 0 Å². The van der Waals surface area contributed by atoms with Gasteiger partial charge in [-0.15, -0.1) is 13.2 Å². The molecule has 2 aromatic rings. The van der Waals surface area contributed by atoms with Crippen LogP contribution in [0.4, 0.5) is 13.2 Å². The zero-order valence-corrected chi connectivity index (χ0v) is 10.9. The third kappa shape index (κ3) is 3.74. The Bertz CT molecular complexity index is 608. The first kappa shape index (κ1) is 14.4. The van der Waals surface area contributed by atoms with E-state index in [0.717, 1.165) is 16.7 Å². The van der Waals surface area contributed by atoms with Crippen molar-refractivity contribution in [2.75, 3.05) is 0 Å². The maximum Gasteiger partial charge on any atom is 0.573 e. The molecule has 0 saturated heterocycles. The Hall–Kier alpha value is -2.01. The van der Waals surface area contributed by atoms with Crippen LogP contribution in [0.2, 0.25) is 0 Å². The predicted molar refractivity (Wildman–Crippen MR) is 71.2 cm³/mol. The molecule has 0 aliphatic carbocycles. The Balaban J connectivity index is 2.38. The molecule has 20 heavy (non-hydrogen) atoms. The van der Waals surface area contributed by atoms with Crippen LogP contribution in [0.3, 0.4) is 0 Å². The summed E-state index contributed by atoms with van der Waals surface area (Å²) < 4.78 is 40.6. The van der Waals surface area contributed by atoms with Crippen LogP contribution >= 0.6 is 0 Å². The van der Waals surface area contributed by atoms with E-state index in [4.69, 9.17) is 5.73 Å². The van der Waals surface area contributed by atoms with E-state index in [1.807, 2.05) is 25.1 Å². The second kappa shape index (κ2) is 5.54. The number of ether oxygens (including phenoxy) is 1. The summed E-state index contributed by atoms with van der Waals surface area (Å²) in [7, 11) is 0. The molecule has 0 atom stereocenters. The van der Waals surface area contributed by atoms with Crippen LogP contribution in [0.15, 0.2) is 42.5 Å². The summed E-state index contributed by atoms with van der Waals surface area (Å²) in [6, 6.07) is 11.6. The summed E-state index contributed by atoms with van der Waals surface area (Å²) in [4.78, 5) is 0. The van der Waals surface area contributed by atoms with Crippen molar-refractivity contribution in [1.29, 1.82) is 0 Å². The lowest BCUT2D eigenvalue weighted by atomic mass is 10.00. The van der Waals surface area contributed by atoms with Crippen molar-refractivity contribution >= 4 is 0 Å². The molecule has 0 aliphatic heterocycles. The van der Waals surface area contributed by atoms with E-state index in [0.29, 0.717) is 12.1 Å². The highest BCUT2D eigenvalue weighted by Gasteiger charge is 2.31. The van der Waals surface area contributed by atoms with Gasteiger partial charge in [0.15, 0.2) is 0 Å². The summed E-state index contributed by atoms with van der Waals surface area (Å²) in [5, 5.41) is 0. The Morgan fingerprint density at radius 2 is 1.80 bits per heavy atom. The molecule has 2 aromatic carbocycles. The van der Waals surface area contributed by atoms with Crippen LogP contribution in [0.1, 0.15) is 11.1 Å². The topological polar surface area (TPSA) is 35.2 Å². The number of hydrogen-bond donors (Lipinski definition) is 1. The van der Waals surface area contributed by atoms with E-state index < -0.39 is 6.36 Å². The average Bonchev–Trinajstić information content (AvgIpc) is 2.36. The van der Waals surface area contributed by atoms with Crippen molar-refractivity contribution in [3.63, 3.8) is 0 Å². The van der Waals surface area contributed by atoms with Gasteiger partial charge < -0.3 is 10.5 Å². The second-order valence-electron chi connectivity index (χ2n) is 4.49. The van der Waals surface area contributed by atoms with Crippen LogP contribution in [0.5, 0.6) is 5.75 Å². The maximum absolute atomic E-state index is 12.2. The van der Waals surface area contributed by atoms with Crippen molar-refractivity contribution < 1.29 is 17.9 Å². The van der Waals surface area contributed by atoms with Crippen molar-refractivity contribution in [3.05, 3.63) is 53.6 Å². The zero-order chi connectivity index (χ0) is 14.8. The molecule has 2 nitrogen and oxygen atoms in total. The SMILES string of the molecule is Cc1cc(CN)cc(-c2cccc(OC(F)(F)F)c2)c1. The first-order valence-electron chi connectivity index (χ1n) is 6.04. The minimum Gasteiger partial charge on any atom is -0.406 e. The molecule has 0 heterocycles. The van der Waals surface area contributed by atoms with Crippen LogP contribution in [0.25, 0.3) is 11.1 Å². The Labute approximate surface area is 115 Å². The molecule has 2 rings (SSSR count). The second-order valence-corrected chi connectivity index (χ2v) is 4.49. The summed E-state index contributed by atoms with van der Waals surface area (Å²) in [6.45, 7) is 2.30. The zero-order valence-electron chi connectivity index (χ0n) is 10.9. The van der Waals surface area contributed by atoms with E-state index in [1.165, 1.54) is 18.2 Å². The lowest BCUT2D eigenvalue weighted by Gasteiger charge is -2.11. The van der Waals surface area contributed by atoms with Gasteiger partial charge in [-0.1, -0.05) is 29.8 Å². The van der Waals surface area contributed by atoms with E-state index >= 15 is 0 Å². The first-order chi connectivity index (χ1) is 9.37. The quantitative estimate of drug-likeness (QED) is 0.922. The van der Waals surface area contributed by atoms with Crippen LogP contribution < -0.4 is 10.5 Å². The fourth-order valence-corrected chi connectivity index (χ4v) is 2.02. The maximum atomic E-state index is 12.2. The molecular formula is C15H14F3NO. The van der Waals surface area contributed by atoms with Gasteiger partial charge in [0.05, 0.1) is 0 Å². The smallest absolute Gasteiger partial charge is 0.406 e. The van der Waals surface area contributed by atoms with E-state index in [9.17, 15) is 13.2 Å². The number of hydrogen-bond acceptors (Lipinski definition) is 2. The molecule has 0 aliphatic rings. The molecule has 5 heteroatoms.